The lowest BCUT2D eigenvalue weighted by Gasteiger charge is -2.10. The largest absolute Gasteiger partial charge is 0.357 e. The van der Waals surface area contributed by atoms with E-state index in [9.17, 15) is 5.26 Å². The lowest BCUT2D eigenvalue weighted by atomic mass is 10.0. The van der Waals surface area contributed by atoms with Crippen LogP contribution >= 0.6 is 11.3 Å². The number of thiophene rings is 1. The molecule has 1 aromatic carbocycles. The maximum atomic E-state index is 9.58. The molecule has 2 heterocycles. The number of hydrogen-bond donors (Lipinski definition) is 1. The van der Waals surface area contributed by atoms with Gasteiger partial charge in [-0.2, -0.15) is 5.26 Å². The molecule has 1 N–H and O–H groups in total. The van der Waals surface area contributed by atoms with Crippen LogP contribution in [0, 0.1) is 11.3 Å². The molecular weight excluding hydrogens is 280 g/mol. The molecule has 0 aliphatic rings. The quantitative estimate of drug-likeness (QED) is 0.798. The van der Waals surface area contributed by atoms with Gasteiger partial charge in [-0.25, -0.2) is 9.97 Å². The molecule has 5 heteroatoms. The van der Waals surface area contributed by atoms with Crippen molar-refractivity contribution < 1.29 is 0 Å². The fraction of sp³-hybridized carbons (Fsp3) is 0.0625. The molecule has 0 spiro atoms. The summed E-state index contributed by atoms with van der Waals surface area (Å²) >= 11 is 1.56. The van der Waals surface area contributed by atoms with E-state index in [4.69, 9.17) is 0 Å². The number of hydrogen-bond acceptors (Lipinski definition) is 5. The van der Waals surface area contributed by atoms with E-state index in [0.29, 0.717) is 22.9 Å². The van der Waals surface area contributed by atoms with Crippen LogP contribution in [0.2, 0.25) is 0 Å². The molecule has 0 aliphatic heterocycles. The topological polar surface area (TPSA) is 61.6 Å². The van der Waals surface area contributed by atoms with Gasteiger partial charge in [-0.1, -0.05) is 36.4 Å². The zero-order valence-electron chi connectivity index (χ0n) is 11.4. The first-order valence-corrected chi connectivity index (χ1v) is 7.30. The van der Waals surface area contributed by atoms with Crippen molar-refractivity contribution in [1.82, 2.24) is 9.97 Å². The van der Waals surface area contributed by atoms with Gasteiger partial charge in [0.15, 0.2) is 0 Å². The summed E-state index contributed by atoms with van der Waals surface area (Å²) in [4.78, 5) is 9.88. The van der Waals surface area contributed by atoms with Crippen molar-refractivity contribution in [3.05, 3.63) is 53.4 Å². The van der Waals surface area contributed by atoms with Crippen molar-refractivity contribution in [3.63, 3.8) is 0 Å². The Balaban J connectivity index is 2.30. The van der Waals surface area contributed by atoms with Gasteiger partial charge in [0.2, 0.25) is 5.95 Å². The third-order valence-corrected chi connectivity index (χ3v) is 3.92. The van der Waals surface area contributed by atoms with Gasteiger partial charge in [0.25, 0.3) is 0 Å². The number of nitrogens with one attached hydrogen (secondary N) is 1. The molecule has 0 atom stereocenters. The second kappa shape index (κ2) is 5.73. The van der Waals surface area contributed by atoms with Crippen molar-refractivity contribution in [1.29, 1.82) is 5.26 Å². The second-order valence-corrected chi connectivity index (χ2v) is 5.27. The van der Waals surface area contributed by atoms with Crippen LogP contribution < -0.4 is 5.32 Å². The molecule has 0 aliphatic carbocycles. The van der Waals surface area contributed by atoms with Crippen molar-refractivity contribution in [2.45, 2.75) is 0 Å². The average molecular weight is 292 g/mol. The van der Waals surface area contributed by atoms with Gasteiger partial charge in [-0.3, -0.25) is 0 Å². The molecule has 0 radical (unpaired) electrons. The van der Waals surface area contributed by atoms with Gasteiger partial charge in [-0.05, 0) is 11.4 Å². The predicted molar refractivity (Wildman–Crippen MR) is 85.0 cm³/mol. The molecule has 0 saturated heterocycles. The molecule has 102 valence electrons. The van der Waals surface area contributed by atoms with E-state index in [1.54, 1.807) is 18.4 Å². The van der Waals surface area contributed by atoms with Crippen LogP contribution in [0.5, 0.6) is 0 Å². The summed E-state index contributed by atoms with van der Waals surface area (Å²) in [6, 6.07) is 15.9. The van der Waals surface area contributed by atoms with E-state index in [1.807, 2.05) is 47.8 Å². The van der Waals surface area contributed by atoms with Gasteiger partial charge in [0, 0.05) is 12.6 Å². The van der Waals surface area contributed by atoms with Gasteiger partial charge in [-0.15, -0.1) is 11.3 Å². The first kappa shape index (κ1) is 13.3. The van der Waals surface area contributed by atoms with Crippen LogP contribution in [0.25, 0.3) is 21.8 Å². The first-order valence-electron chi connectivity index (χ1n) is 6.42. The lowest BCUT2D eigenvalue weighted by molar-refractivity contribution is 1.15. The van der Waals surface area contributed by atoms with Gasteiger partial charge in [0.1, 0.15) is 17.3 Å². The Morgan fingerprint density at radius 1 is 1.05 bits per heavy atom. The summed E-state index contributed by atoms with van der Waals surface area (Å²) < 4.78 is 0. The highest BCUT2D eigenvalue weighted by Gasteiger charge is 2.17. The zero-order valence-corrected chi connectivity index (χ0v) is 12.2. The van der Waals surface area contributed by atoms with E-state index in [0.717, 1.165) is 10.4 Å². The van der Waals surface area contributed by atoms with Gasteiger partial charge in [0.05, 0.1) is 10.6 Å². The number of nitrogens with zero attached hydrogens (tertiary/aromatic N) is 3. The molecule has 0 saturated carbocycles. The van der Waals surface area contributed by atoms with Crippen LogP contribution in [0.3, 0.4) is 0 Å². The number of nitriles is 1. The summed E-state index contributed by atoms with van der Waals surface area (Å²) in [6.07, 6.45) is 0. The summed E-state index contributed by atoms with van der Waals surface area (Å²) in [5, 5.41) is 14.5. The van der Waals surface area contributed by atoms with Crippen molar-refractivity contribution in [2.24, 2.45) is 0 Å². The van der Waals surface area contributed by atoms with Crippen LogP contribution in [-0.2, 0) is 0 Å². The fourth-order valence-corrected chi connectivity index (χ4v) is 2.80. The molecule has 0 bridgehead atoms. The summed E-state index contributed by atoms with van der Waals surface area (Å²) in [7, 11) is 1.77. The number of aromatic nitrogens is 2. The number of anilines is 1. The minimum Gasteiger partial charge on any atom is -0.357 e. The summed E-state index contributed by atoms with van der Waals surface area (Å²) in [5.74, 6) is 0.510. The number of benzene rings is 1. The minimum absolute atomic E-state index is 0.502. The van der Waals surface area contributed by atoms with Crippen LogP contribution in [0.4, 0.5) is 5.95 Å². The van der Waals surface area contributed by atoms with E-state index in [-0.39, 0.29) is 0 Å². The van der Waals surface area contributed by atoms with E-state index in [1.165, 1.54) is 0 Å². The number of rotatable bonds is 3. The molecule has 0 amide bonds. The minimum atomic E-state index is 0.502. The highest BCUT2D eigenvalue weighted by Crippen LogP contribution is 2.32. The van der Waals surface area contributed by atoms with Crippen molar-refractivity contribution in [2.75, 3.05) is 12.4 Å². The van der Waals surface area contributed by atoms with E-state index < -0.39 is 0 Å². The Kier molecular flexibility index (Phi) is 3.63. The Hall–Kier alpha value is -2.71. The Bertz CT molecular complexity index is 789. The third-order valence-electron chi connectivity index (χ3n) is 3.05. The van der Waals surface area contributed by atoms with E-state index >= 15 is 0 Å². The molecular formula is C16H12N4S. The lowest BCUT2D eigenvalue weighted by Crippen LogP contribution is -2.02. The fourth-order valence-electron chi connectivity index (χ4n) is 2.07. The smallest absolute Gasteiger partial charge is 0.223 e. The monoisotopic (exact) mass is 292 g/mol. The molecule has 0 unspecified atom stereocenters. The normalized spacial score (nSPS) is 10.1. The van der Waals surface area contributed by atoms with Gasteiger partial charge >= 0.3 is 0 Å². The molecule has 21 heavy (non-hydrogen) atoms. The molecule has 0 fully saturated rings. The maximum absolute atomic E-state index is 9.58. The average Bonchev–Trinajstić information content (AvgIpc) is 3.08. The van der Waals surface area contributed by atoms with E-state index in [2.05, 4.69) is 21.4 Å². The molecule has 4 nitrogen and oxygen atoms in total. The standard InChI is InChI=1S/C16H12N4S/c1-18-16-19-14(11-6-3-2-4-7-11)12(10-17)15(20-16)13-8-5-9-21-13/h2-9H,1H3,(H,18,19,20). The summed E-state index contributed by atoms with van der Waals surface area (Å²) in [5.41, 5.74) is 2.74. The zero-order chi connectivity index (χ0) is 14.7. The second-order valence-electron chi connectivity index (χ2n) is 4.32. The molecule has 3 rings (SSSR count). The van der Waals surface area contributed by atoms with Crippen LogP contribution in [0.15, 0.2) is 47.8 Å². The third kappa shape index (κ3) is 2.49. The predicted octanol–water partition coefficient (Wildman–Crippen LogP) is 3.79. The highest BCUT2D eigenvalue weighted by molar-refractivity contribution is 7.13. The molecule has 2 aromatic heterocycles. The highest BCUT2D eigenvalue weighted by atomic mass is 32.1. The van der Waals surface area contributed by atoms with Crippen LogP contribution in [0.1, 0.15) is 5.56 Å². The first-order chi connectivity index (χ1) is 10.3. The van der Waals surface area contributed by atoms with Gasteiger partial charge < -0.3 is 5.32 Å². The maximum Gasteiger partial charge on any atom is 0.223 e. The SMILES string of the molecule is CNc1nc(-c2ccccc2)c(C#N)c(-c2cccs2)n1. The van der Waals surface area contributed by atoms with Crippen LogP contribution in [-0.4, -0.2) is 17.0 Å². The van der Waals surface area contributed by atoms with Crippen molar-refractivity contribution in [3.8, 4) is 27.9 Å². The van der Waals surface area contributed by atoms with Crippen molar-refractivity contribution >= 4 is 17.3 Å². The summed E-state index contributed by atoms with van der Waals surface area (Å²) in [6.45, 7) is 0. The Labute approximate surface area is 126 Å². The molecule has 3 aromatic rings. The Morgan fingerprint density at radius 2 is 1.81 bits per heavy atom. The Morgan fingerprint density at radius 3 is 2.43 bits per heavy atom.